The van der Waals surface area contributed by atoms with Crippen molar-refractivity contribution in [3.63, 3.8) is 0 Å². The molecule has 0 radical (unpaired) electrons. The number of anilines is 2. The Morgan fingerprint density at radius 2 is 1.76 bits per heavy atom. The van der Waals surface area contributed by atoms with Crippen molar-refractivity contribution in [3.05, 3.63) is 70.3 Å². The van der Waals surface area contributed by atoms with Crippen molar-refractivity contribution in [2.45, 2.75) is 47.1 Å². The van der Waals surface area contributed by atoms with Crippen LogP contribution in [0.1, 0.15) is 49.9 Å². The fourth-order valence-corrected chi connectivity index (χ4v) is 4.97. The van der Waals surface area contributed by atoms with E-state index in [2.05, 4.69) is 50.1 Å². The summed E-state index contributed by atoms with van der Waals surface area (Å²) in [5.74, 6) is -0.903. The van der Waals surface area contributed by atoms with E-state index in [0.29, 0.717) is 5.69 Å². The van der Waals surface area contributed by atoms with Crippen molar-refractivity contribution in [2.75, 3.05) is 16.3 Å². The van der Waals surface area contributed by atoms with Gasteiger partial charge in [0.1, 0.15) is 5.57 Å². The van der Waals surface area contributed by atoms with Gasteiger partial charge in [0.25, 0.3) is 11.8 Å². The lowest BCUT2D eigenvalue weighted by atomic mass is 9.88. The van der Waals surface area contributed by atoms with Crippen LogP contribution in [-0.4, -0.2) is 29.0 Å². The van der Waals surface area contributed by atoms with Crippen molar-refractivity contribution in [3.8, 4) is 0 Å². The number of aryl methyl sites for hydroxylation is 2. The normalized spacial score (nSPS) is 18.9. The van der Waals surface area contributed by atoms with Gasteiger partial charge in [-0.2, -0.15) is 0 Å². The van der Waals surface area contributed by atoms with Crippen LogP contribution < -0.4 is 15.1 Å². The standard InChI is InChI=1S/C27H29N3O2S/c1-7-29-23-11-9-19(13-21(23)18(4)15-27(29,5)6)14-22-24(31)28-26(33)30(25(22)32)20-10-8-16(2)17(3)12-20/h8-15H,7H2,1-6H3,(H,28,31,33)/b22-14+. The van der Waals surface area contributed by atoms with Crippen LogP contribution in [0.4, 0.5) is 11.4 Å². The van der Waals surface area contributed by atoms with Crippen LogP contribution in [0.25, 0.3) is 11.6 Å². The molecule has 0 aromatic heterocycles. The minimum atomic E-state index is -0.480. The van der Waals surface area contributed by atoms with Crippen molar-refractivity contribution in [1.82, 2.24) is 5.32 Å². The van der Waals surface area contributed by atoms with Gasteiger partial charge < -0.3 is 4.90 Å². The van der Waals surface area contributed by atoms with Crippen LogP contribution in [0.2, 0.25) is 0 Å². The first-order valence-corrected chi connectivity index (χ1v) is 11.5. The van der Waals surface area contributed by atoms with E-state index >= 15 is 0 Å². The van der Waals surface area contributed by atoms with E-state index in [-0.39, 0.29) is 16.2 Å². The Bertz CT molecular complexity index is 1260. The summed E-state index contributed by atoms with van der Waals surface area (Å²) in [6, 6.07) is 11.8. The Hall–Kier alpha value is -3.25. The Morgan fingerprint density at radius 1 is 1.03 bits per heavy atom. The monoisotopic (exact) mass is 459 g/mol. The fourth-order valence-electron chi connectivity index (χ4n) is 4.69. The third-order valence-electron chi connectivity index (χ3n) is 6.48. The largest absolute Gasteiger partial charge is 0.363 e. The molecular weight excluding hydrogens is 430 g/mol. The smallest absolute Gasteiger partial charge is 0.270 e. The molecule has 1 fully saturated rings. The zero-order chi connectivity index (χ0) is 24.1. The average Bonchev–Trinajstić information content (AvgIpc) is 2.73. The van der Waals surface area contributed by atoms with Gasteiger partial charge >= 0.3 is 0 Å². The van der Waals surface area contributed by atoms with Crippen molar-refractivity contribution < 1.29 is 9.59 Å². The molecule has 2 aromatic carbocycles. The number of amides is 2. The molecule has 4 rings (SSSR count). The van der Waals surface area contributed by atoms with Crippen LogP contribution in [0.3, 0.4) is 0 Å². The van der Waals surface area contributed by atoms with Crippen LogP contribution in [-0.2, 0) is 9.59 Å². The van der Waals surface area contributed by atoms with Gasteiger partial charge in [0.15, 0.2) is 5.11 Å². The molecule has 170 valence electrons. The molecule has 0 saturated carbocycles. The van der Waals surface area contributed by atoms with Gasteiger partial charge in [-0.05, 0) is 106 Å². The highest BCUT2D eigenvalue weighted by Crippen LogP contribution is 2.39. The molecule has 1 saturated heterocycles. The summed E-state index contributed by atoms with van der Waals surface area (Å²) in [6.45, 7) is 13.5. The molecule has 6 heteroatoms. The molecule has 2 amide bonds. The Kier molecular flexibility index (Phi) is 5.74. The molecule has 2 heterocycles. The summed E-state index contributed by atoms with van der Waals surface area (Å²) in [4.78, 5) is 29.8. The molecule has 0 unspecified atom stereocenters. The summed E-state index contributed by atoms with van der Waals surface area (Å²) in [6.07, 6.45) is 3.91. The number of carbonyl (C=O) groups excluding carboxylic acids is 2. The molecule has 0 bridgehead atoms. The molecule has 2 aromatic rings. The maximum atomic E-state index is 13.4. The second-order valence-electron chi connectivity index (χ2n) is 9.23. The van der Waals surface area contributed by atoms with Crippen LogP contribution in [0.5, 0.6) is 0 Å². The van der Waals surface area contributed by atoms with Crippen molar-refractivity contribution >= 4 is 52.2 Å². The van der Waals surface area contributed by atoms with Gasteiger partial charge in [-0.3, -0.25) is 19.8 Å². The highest BCUT2D eigenvalue weighted by molar-refractivity contribution is 7.80. The highest BCUT2D eigenvalue weighted by atomic mass is 32.1. The predicted molar refractivity (Wildman–Crippen MR) is 139 cm³/mol. The van der Waals surface area contributed by atoms with Gasteiger partial charge in [-0.25, -0.2) is 0 Å². The summed E-state index contributed by atoms with van der Waals surface area (Å²) in [5, 5.41) is 2.76. The number of likely N-dealkylation sites (N-methyl/N-ethyl adjacent to an activating group) is 1. The molecule has 33 heavy (non-hydrogen) atoms. The summed E-state index contributed by atoms with van der Waals surface area (Å²) in [7, 11) is 0. The van der Waals surface area contributed by atoms with E-state index in [0.717, 1.165) is 34.5 Å². The number of fused-ring (bicyclic) bond motifs is 1. The zero-order valence-corrected chi connectivity index (χ0v) is 20.8. The van der Waals surface area contributed by atoms with Crippen LogP contribution >= 0.6 is 12.2 Å². The number of allylic oxidation sites excluding steroid dienone is 1. The zero-order valence-electron chi connectivity index (χ0n) is 19.9. The number of thiocarbonyl (C=S) groups is 1. The number of benzene rings is 2. The number of nitrogens with one attached hydrogen (secondary N) is 1. The van der Waals surface area contributed by atoms with Gasteiger partial charge in [-0.15, -0.1) is 0 Å². The van der Waals surface area contributed by atoms with E-state index in [1.165, 1.54) is 10.5 Å². The third-order valence-corrected chi connectivity index (χ3v) is 6.76. The lowest BCUT2D eigenvalue weighted by molar-refractivity contribution is -0.122. The number of hydrogen-bond donors (Lipinski definition) is 1. The molecule has 0 spiro atoms. The maximum absolute atomic E-state index is 13.4. The van der Waals surface area contributed by atoms with E-state index in [1.54, 1.807) is 6.08 Å². The fraction of sp³-hybridized carbons (Fsp3) is 0.296. The first-order valence-electron chi connectivity index (χ1n) is 11.1. The van der Waals surface area contributed by atoms with Crippen LogP contribution in [0, 0.1) is 13.8 Å². The SMILES string of the molecule is CCN1c2ccc(/C=C3\C(=O)NC(=S)N(c4ccc(C)c(C)c4)C3=O)cc2C(C)=CC1(C)C. The summed E-state index contributed by atoms with van der Waals surface area (Å²) in [5.41, 5.74) is 7.03. The second-order valence-corrected chi connectivity index (χ2v) is 9.61. The topological polar surface area (TPSA) is 52.7 Å². The summed E-state index contributed by atoms with van der Waals surface area (Å²) < 4.78 is 0. The first-order chi connectivity index (χ1) is 15.5. The number of nitrogens with zero attached hydrogens (tertiary/aromatic N) is 2. The van der Waals surface area contributed by atoms with E-state index < -0.39 is 11.8 Å². The molecular formula is C27H29N3O2S. The van der Waals surface area contributed by atoms with Gasteiger partial charge in [0.2, 0.25) is 0 Å². The second kappa shape index (κ2) is 8.27. The molecule has 2 aliphatic rings. The predicted octanol–water partition coefficient (Wildman–Crippen LogP) is 5.16. The molecule has 2 aliphatic heterocycles. The number of rotatable bonds is 3. The van der Waals surface area contributed by atoms with Crippen molar-refractivity contribution in [1.29, 1.82) is 0 Å². The maximum Gasteiger partial charge on any atom is 0.270 e. The van der Waals surface area contributed by atoms with E-state index in [1.807, 2.05) is 44.2 Å². The lowest BCUT2D eigenvalue weighted by Crippen LogP contribution is -2.54. The Morgan fingerprint density at radius 3 is 2.42 bits per heavy atom. The van der Waals surface area contributed by atoms with Gasteiger partial charge in [0.05, 0.1) is 11.2 Å². The molecule has 0 atom stereocenters. The Labute approximate surface area is 200 Å². The van der Waals surface area contributed by atoms with E-state index in [4.69, 9.17) is 12.2 Å². The molecule has 5 nitrogen and oxygen atoms in total. The molecule has 0 aliphatic carbocycles. The molecule has 1 N–H and O–H groups in total. The Balaban J connectivity index is 1.75. The number of hydrogen-bond acceptors (Lipinski definition) is 4. The highest BCUT2D eigenvalue weighted by Gasteiger charge is 2.35. The first kappa shape index (κ1) is 22.9. The van der Waals surface area contributed by atoms with Crippen LogP contribution in [0.15, 0.2) is 48.0 Å². The van der Waals surface area contributed by atoms with E-state index in [9.17, 15) is 9.59 Å². The van der Waals surface area contributed by atoms with Crippen molar-refractivity contribution in [2.24, 2.45) is 0 Å². The van der Waals surface area contributed by atoms with Gasteiger partial charge in [0, 0.05) is 17.8 Å². The quantitative estimate of drug-likeness (QED) is 0.392. The average molecular weight is 460 g/mol. The van der Waals surface area contributed by atoms with Gasteiger partial charge in [-0.1, -0.05) is 18.2 Å². The minimum Gasteiger partial charge on any atom is -0.363 e. The lowest BCUT2D eigenvalue weighted by Gasteiger charge is -2.42. The minimum absolute atomic E-state index is 0.0619. The third kappa shape index (κ3) is 4.00. The summed E-state index contributed by atoms with van der Waals surface area (Å²) >= 11 is 5.33. The number of carbonyl (C=O) groups is 2.